The van der Waals surface area contributed by atoms with Crippen LogP contribution >= 0.6 is 24.0 Å². The Morgan fingerprint density at radius 1 is 1.22 bits per heavy atom. The van der Waals surface area contributed by atoms with Gasteiger partial charge in [0.05, 0.1) is 18.8 Å². The summed E-state index contributed by atoms with van der Waals surface area (Å²) in [5, 5.41) is 8.43. The lowest BCUT2D eigenvalue weighted by atomic mass is 10.1. The fourth-order valence-corrected chi connectivity index (χ4v) is 2.03. The molecular weight excluding hydrogens is 405 g/mol. The molecule has 1 heterocycles. The van der Waals surface area contributed by atoms with Crippen molar-refractivity contribution in [2.24, 2.45) is 4.99 Å². The number of hydrogen-bond donors (Lipinski definition) is 2. The average Bonchev–Trinajstić information content (AvgIpc) is 2.54. The van der Waals surface area contributed by atoms with E-state index in [1.807, 2.05) is 24.3 Å². The van der Waals surface area contributed by atoms with Gasteiger partial charge < -0.3 is 15.5 Å². The highest BCUT2D eigenvalue weighted by Crippen LogP contribution is 2.15. The molecule has 6 nitrogen and oxygen atoms in total. The van der Waals surface area contributed by atoms with Gasteiger partial charge >= 0.3 is 0 Å². The zero-order valence-electron chi connectivity index (χ0n) is 13.5. The number of hydrogen-bond acceptors (Lipinski definition) is 3. The van der Waals surface area contributed by atoms with Crippen LogP contribution in [-0.2, 0) is 11.3 Å². The Bertz CT molecular complexity index is 682. The predicted molar refractivity (Wildman–Crippen MR) is 104 cm³/mol. The van der Waals surface area contributed by atoms with Gasteiger partial charge in [0.2, 0.25) is 5.91 Å². The molecule has 0 aliphatic rings. The van der Waals surface area contributed by atoms with Crippen LogP contribution in [0.5, 0.6) is 0 Å². The van der Waals surface area contributed by atoms with Crippen LogP contribution in [0.4, 0.5) is 0 Å². The van der Waals surface area contributed by atoms with Crippen molar-refractivity contribution in [2.45, 2.75) is 6.54 Å². The normalized spacial score (nSPS) is 10.8. The summed E-state index contributed by atoms with van der Waals surface area (Å²) in [6.07, 6.45) is 1.80. The number of nitrogens with one attached hydrogen (secondary N) is 2. The van der Waals surface area contributed by atoms with Gasteiger partial charge in [-0.25, -0.2) is 0 Å². The van der Waals surface area contributed by atoms with Crippen molar-refractivity contribution in [2.75, 3.05) is 27.7 Å². The molecule has 23 heavy (non-hydrogen) atoms. The minimum absolute atomic E-state index is 0. The van der Waals surface area contributed by atoms with Gasteiger partial charge in [0, 0.05) is 32.7 Å². The topological polar surface area (TPSA) is 69.6 Å². The highest BCUT2D eigenvalue weighted by Gasteiger charge is 2.06. The minimum atomic E-state index is -0.00811. The number of carbonyl (C=O) groups excluding carboxylic acids is 1. The average molecular weight is 427 g/mol. The first kappa shape index (κ1) is 19.1. The van der Waals surface area contributed by atoms with E-state index in [1.54, 1.807) is 27.3 Å². The maximum atomic E-state index is 11.6. The van der Waals surface area contributed by atoms with Crippen molar-refractivity contribution < 1.29 is 4.79 Å². The summed E-state index contributed by atoms with van der Waals surface area (Å²) in [5.41, 5.74) is 0.944. The lowest BCUT2D eigenvalue weighted by Crippen LogP contribution is -2.42. The molecule has 0 bridgehead atoms. The van der Waals surface area contributed by atoms with Gasteiger partial charge in [-0.15, -0.1) is 24.0 Å². The number of likely N-dealkylation sites (N-methyl/N-ethyl adjacent to an activating group) is 1. The standard InChI is InChI=1S/C16H21N5O.HI/c1-17-16(20-11-15(22)21(2)3)19-10-14-13-7-5-4-6-12(13)8-9-18-14;/h4-9H,10-11H2,1-3H3,(H2,17,19,20);1H. The van der Waals surface area contributed by atoms with Crippen molar-refractivity contribution in [3.63, 3.8) is 0 Å². The highest BCUT2D eigenvalue weighted by atomic mass is 127. The highest BCUT2D eigenvalue weighted by molar-refractivity contribution is 14.0. The summed E-state index contributed by atoms with van der Waals surface area (Å²) in [6, 6.07) is 10.1. The molecule has 0 aliphatic heterocycles. The summed E-state index contributed by atoms with van der Waals surface area (Å²) in [4.78, 5) is 21.6. The maximum Gasteiger partial charge on any atom is 0.241 e. The monoisotopic (exact) mass is 427 g/mol. The van der Waals surface area contributed by atoms with Crippen LogP contribution in [0.1, 0.15) is 5.69 Å². The van der Waals surface area contributed by atoms with Crippen LogP contribution in [0.2, 0.25) is 0 Å². The Labute approximate surface area is 153 Å². The van der Waals surface area contributed by atoms with Gasteiger partial charge in [0.25, 0.3) is 0 Å². The van der Waals surface area contributed by atoms with Crippen molar-refractivity contribution in [1.29, 1.82) is 0 Å². The summed E-state index contributed by atoms with van der Waals surface area (Å²) in [7, 11) is 5.12. The Morgan fingerprint density at radius 2 is 1.96 bits per heavy atom. The van der Waals surface area contributed by atoms with E-state index in [0.717, 1.165) is 16.5 Å². The Hall–Kier alpha value is -1.90. The Morgan fingerprint density at radius 3 is 2.65 bits per heavy atom. The molecule has 0 radical (unpaired) electrons. The first-order chi connectivity index (χ1) is 10.6. The third kappa shape index (κ3) is 5.34. The molecular formula is C16H22IN5O. The minimum Gasteiger partial charge on any atom is -0.351 e. The van der Waals surface area contributed by atoms with Crippen LogP contribution in [0.3, 0.4) is 0 Å². The van der Waals surface area contributed by atoms with E-state index < -0.39 is 0 Å². The second kappa shape index (κ2) is 9.29. The zero-order valence-corrected chi connectivity index (χ0v) is 15.9. The molecule has 0 spiro atoms. The van der Waals surface area contributed by atoms with Crippen molar-refractivity contribution in [3.05, 3.63) is 42.2 Å². The number of aliphatic imine (C=N–C) groups is 1. The van der Waals surface area contributed by atoms with Crippen LogP contribution in [-0.4, -0.2) is 49.4 Å². The fourth-order valence-electron chi connectivity index (χ4n) is 2.03. The van der Waals surface area contributed by atoms with Gasteiger partial charge in [-0.2, -0.15) is 0 Å². The van der Waals surface area contributed by atoms with Gasteiger partial charge in [-0.1, -0.05) is 24.3 Å². The van der Waals surface area contributed by atoms with E-state index in [-0.39, 0.29) is 36.4 Å². The number of pyridine rings is 1. The summed E-state index contributed by atoms with van der Waals surface area (Å²) >= 11 is 0. The number of nitrogens with zero attached hydrogens (tertiary/aromatic N) is 3. The SMILES string of the molecule is CN=C(NCC(=O)N(C)C)NCc1nccc2ccccc12.I. The molecule has 0 saturated heterocycles. The van der Waals surface area contributed by atoms with Crippen LogP contribution in [0, 0.1) is 0 Å². The zero-order chi connectivity index (χ0) is 15.9. The molecule has 2 rings (SSSR count). The lowest BCUT2D eigenvalue weighted by molar-refractivity contribution is -0.127. The molecule has 1 aromatic carbocycles. The molecule has 1 amide bonds. The quantitative estimate of drug-likeness (QED) is 0.442. The maximum absolute atomic E-state index is 11.6. The molecule has 124 valence electrons. The van der Waals surface area contributed by atoms with Gasteiger partial charge in [-0.05, 0) is 11.5 Å². The van der Waals surface area contributed by atoms with Crippen LogP contribution < -0.4 is 10.6 Å². The van der Waals surface area contributed by atoms with Gasteiger partial charge in [0.15, 0.2) is 5.96 Å². The first-order valence-electron chi connectivity index (χ1n) is 7.09. The van der Waals surface area contributed by atoms with E-state index in [1.165, 1.54) is 4.90 Å². The van der Waals surface area contributed by atoms with Crippen LogP contribution in [0.15, 0.2) is 41.5 Å². The molecule has 2 N–H and O–H groups in total. The second-order valence-corrected chi connectivity index (χ2v) is 5.05. The Kier molecular flexibility index (Phi) is 7.73. The molecule has 2 aromatic rings. The molecule has 0 saturated carbocycles. The predicted octanol–water partition coefficient (Wildman–Crippen LogP) is 1.61. The molecule has 7 heteroatoms. The summed E-state index contributed by atoms with van der Waals surface area (Å²) < 4.78 is 0. The molecule has 0 unspecified atom stereocenters. The van der Waals surface area contributed by atoms with E-state index in [4.69, 9.17) is 0 Å². The third-order valence-electron chi connectivity index (χ3n) is 3.31. The summed E-state index contributed by atoms with van der Waals surface area (Å²) in [5.74, 6) is 0.566. The lowest BCUT2D eigenvalue weighted by Gasteiger charge is -2.14. The van der Waals surface area contributed by atoms with E-state index in [2.05, 4.69) is 26.7 Å². The number of benzene rings is 1. The number of rotatable bonds is 4. The van der Waals surface area contributed by atoms with Crippen molar-refractivity contribution in [1.82, 2.24) is 20.5 Å². The summed E-state index contributed by atoms with van der Waals surface area (Å²) in [6.45, 7) is 0.743. The Balaban J connectivity index is 0.00000264. The fraction of sp³-hybridized carbons (Fsp3) is 0.312. The molecule has 0 atom stereocenters. The van der Waals surface area contributed by atoms with Gasteiger partial charge in [0.1, 0.15) is 0 Å². The van der Waals surface area contributed by atoms with Crippen molar-refractivity contribution in [3.8, 4) is 0 Å². The number of guanidine groups is 1. The van der Waals surface area contributed by atoms with Crippen molar-refractivity contribution >= 4 is 46.6 Å². The van der Waals surface area contributed by atoms with E-state index in [0.29, 0.717) is 12.5 Å². The largest absolute Gasteiger partial charge is 0.351 e. The molecule has 0 fully saturated rings. The number of fused-ring (bicyclic) bond motifs is 1. The smallest absolute Gasteiger partial charge is 0.241 e. The second-order valence-electron chi connectivity index (χ2n) is 5.05. The number of carbonyl (C=O) groups is 1. The van der Waals surface area contributed by atoms with Gasteiger partial charge in [-0.3, -0.25) is 14.8 Å². The van der Waals surface area contributed by atoms with E-state index in [9.17, 15) is 4.79 Å². The number of aromatic nitrogens is 1. The molecule has 1 aromatic heterocycles. The number of halogens is 1. The molecule has 0 aliphatic carbocycles. The van der Waals surface area contributed by atoms with E-state index >= 15 is 0 Å². The third-order valence-corrected chi connectivity index (χ3v) is 3.31. The number of amides is 1. The first-order valence-corrected chi connectivity index (χ1v) is 7.09. The van der Waals surface area contributed by atoms with Crippen LogP contribution in [0.25, 0.3) is 10.8 Å².